The summed E-state index contributed by atoms with van der Waals surface area (Å²) in [4.78, 5) is 4.50. The molecule has 0 fully saturated rings. The van der Waals surface area contributed by atoms with Crippen LogP contribution in [-0.4, -0.2) is 4.98 Å². The van der Waals surface area contributed by atoms with Crippen LogP contribution in [0.15, 0.2) is 138 Å². The summed E-state index contributed by atoms with van der Waals surface area (Å²) in [5.74, 6) is 0. The fourth-order valence-corrected chi connectivity index (χ4v) is 7.18. The molecule has 0 amide bonds. The van der Waals surface area contributed by atoms with Gasteiger partial charge in [-0.05, 0) is 89.8 Å². The highest BCUT2D eigenvalue weighted by atomic mass is 16.3. The molecule has 0 atom stereocenters. The summed E-state index contributed by atoms with van der Waals surface area (Å²) in [5, 5.41) is 10.0. The monoisotopic (exact) mass is 577 g/mol. The lowest BCUT2D eigenvalue weighted by molar-refractivity contribution is 0.591. The first kappa shape index (κ1) is 26.0. The lowest BCUT2D eigenvalue weighted by Crippen LogP contribution is -2.10. The summed E-state index contributed by atoms with van der Waals surface area (Å²) in [6.45, 7) is 6.87. The zero-order chi connectivity index (χ0) is 30.3. The summed E-state index contributed by atoms with van der Waals surface area (Å²) < 4.78 is 6.43. The summed E-state index contributed by atoms with van der Waals surface area (Å²) in [6.07, 6.45) is 3.82. The summed E-state index contributed by atoms with van der Waals surface area (Å²) in [7, 11) is 0. The Balaban J connectivity index is 1.33. The number of pyridine rings is 1. The molecule has 45 heavy (non-hydrogen) atoms. The number of benzene rings is 7. The van der Waals surface area contributed by atoms with Crippen LogP contribution in [0.2, 0.25) is 0 Å². The lowest BCUT2D eigenvalue weighted by atomic mass is 9.81. The molecule has 0 spiro atoms. The highest BCUT2D eigenvalue weighted by Crippen LogP contribution is 2.46. The van der Waals surface area contributed by atoms with Crippen LogP contribution in [-0.2, 0) is 5.41 Å². The van der Waals surface area contributed by atoms with E-state index in [1.807, 2.05) is 30.6 Å². The van der Waals surface area contributed by atoms with E-state index in [1.165, 1.54) is 54.6 Å². The first-order valence-electron chi connectivity index (χ1n) is 15.6. The average Bonchev–Trinajstić information content (AvgIpc) is 3.46. The number of hydrogen-bond acceptors (Lipinski definition) is 2. The van der Waals surface area contributed by atoms with Crippen molar-refractivity contribution in [1.82, 2.24) is 4.98 Å². The molecule has 0 aliphatic carbocycles. The molecule has 0 aliphatic rings. The summed E-state index contributed by atoms with van der Waals surface area (Å²) in [6, 6.07) is 44.2. The minimum Gasteiger partial charge on any atom is -0.455 e. The second-order valence-electron chi connectivity index (χ2n) is 13.2. The van der Waals surface area contributed by atoms with Gasteiger partial charge in [0.25, 0.3) is 0 Å². The van der Waals surface area contributed by atoms with Gasteiger partial charge in [-0.2, -0.15) is 0 Å². The molecular formula is C43H31NO. The van der Waals surface area contributed by atoms with Gasteiger partial charge in [0.1, 0.15) is 11.2 Å². The number of rotatable bonds is 3. The van der Waals surface area contributed by atoms with Crippen molar-refractivity contribution in [2.75, 3.05) is 0 Å². The summed E-state index contributed by atoms with van der Waals surface area (Å²) >= 11 is 0. The smallest absolute Gasteiger partial charge is 0.143 e. The van der Waals surface area contributed by atoms with Crippen LogP contribution in [0.5, 0.6) is 0 Å². The Morgan fingerprint density at radius 1 is 0.511 bits per heavy atom. The molecule has 214 valence electrons. The van der Waals surface area contributed by atoms with E-state index in [-0.39, 0.29) is 5.41 Å². The minimum atomic E-state index is 0.0691. The maximum atomic E-state index is 6.43. The molecule has 0 aliphatic heterocycles. The standard InChI is InChI=1S/C43H31NO/c1-43(2,3)31-22-28-16-18-34-37(24-38(30-11-8-20-44-25-30)35-19-17-29(23-31)40(28)41(34)35)27-10-6-9-26(21-27)32-13-7-14-36-33-12-4-5-15-39(33)45-42(32)36/h4-25H,1-3H3. The number of hydrogen-bond donors (Lipinski definition) is 0. The van der Waals surface area contributed by atoms with Crippen LogP contribution >= 0.6 is 0 Å². The maximum Gasteiger partial charge on any atom is 0.143 e. The van der Waals surface area contributed by atoms with Crippen LogP contribution < -0.4 is 0 Å². The molecule has 7 aromatic carbocycles. The molecule has 9 aromatic rings. The Kier molecular flexibility index (Phi) is 5.49. The normalized spacial score (nSPS) is 12.3. The molecule has 2 nitrogen and oxygen atoms in total. The number of fused-ring (bicyclic) bond motifs is 3. The third kappa shape index (κ3) is 3.99. The van der Waals surface area contributed by atoms with E-state index in [4.69, 9.17) is 4.42 Å². The second-order valence-corrected chi connectivity index (χ2v) is 13.2. The van der Waals surface area contributed by atoms with Crippen molar-refractivity contribution in [1.29, 1.82) is 0 Å². The van der Waals surface area contributed by atoms with Crippen LogP contribution in [0, 0.1) is 0 Å². The molecular weight excluding hydrogens is 546 g/mol. The van der Waals surface area contributed by atoms with Crippen LogP contribution in [0.4, 0.5) is 0 Å². The Labute approximate surface area is 261 Å². The molecule has 0 N–H and O–H groups in total. The molecule has 2 heteroatoms. The molecule has 9 rings (SSSR count). The number of furan rings is 1. The van der Waals surface area contributed by atoms with Gasteiger partial charge in [0.2, 0.25) is 0 Å². The molecule has 0 radical (unpaired) electrons. The third-order valence-electron chi connectivity index (χ3n) is 9.44. The number of nitrogens with zero attached hydrogens (tertiary/aromatic N) is 1. The first-order chi connectivity index (χ1) is 21.9. The number of para-hydroxylation sites is 2. The van der Waals surface area contributed by atoms with Crippen molar-refractivity contribution in [3.8, 4) is 33.4 Å². The number of aromatic nitrogens is 1. The van der Waals surface area contributed by atoms with Crippen molar-refractivity contribution >= 4 is 54.3 Å². The van der Waals surface area contributed by atoms with E-state index in [9.17, 15) is 0 Å². The van der Waals surface area contributed by atoms with E-state index >= 15 is 0 Å². The van der Waals surface area contributed by atoms with Crippen LogP contribution in [0.3, 0.4) is 0 Å². The average molecular weight is 578 g/mol. The molecule has 0 unspecified atom stereocenters. The van der Waals surface area contributed by atoms with Gasteiger partial charge < -0.3 is 4.42 Å². The fraction of sp³-hybridized carbons (Fsp3) is 0.0930. The highest BCUT2D eigenvalue weighted by molar-refractivity contribution is 6.28. The topological polar surface area (TPSA) is 26.0 Å². The SMILES string of the molecule is CC(C)(C)c1cc2ccc3c(-c4cccnc4)cc(-c4cccc(-c5cccc6c5oc5ccccc56)c4)c4ccc(c1)c2c34. The summed E-state index contributed by atoms with van der Waals surface area (Å²) in [5.41, 5.74) is 10.2. The largest absolute Gasteiger partial charge is 0.455 e. The second kappa shape index (κ2) is 9.51. The zero-order valence-corrected chi connectivity index (χ0v) is 25.6. The first-order valence-corrected chi connectivity index (χ1v) is 15.6. The fourth-order valence-electron chi connectivity index (χ4n) is 7.18. The van der Waals surface area contributed by atoms with Crippen molar-refractivity contribution in [2.45, 2.75) is 26.2 Å². The van der Waals surface area contributed by atoms with Gasteiger partial charge in [0.15, 0.2) is 0 Å². The van der Waals surface area contributed by atoms with Crippen molar-refractivity contribution in [2.24, 2.45) is 0 Å². The van der Waals surface area contributed by atoms with Crippen molar-refractivity contribution in [3.05, 3.63) is 139 Å². The van der Waals surface area contributed by atoms with Crippen LogP contribution in [0.1, 0.15) is 26.3 Å². The van der Waals surface area contributed by atoms with E-state index in [0.717, 1.165) is 38.6 Å². The van der Waals surface area contributed by atoms with E-state index in [1.54, 1.807) is 0 Å². The lowest BCUT2D eigenvalue weighted by Gasteiger charge is -2.23. The molecule has 2 heterocycles. The van der Waals surface area contributed by atoms with Crippen molar-refractivity contribution < 1.29 is 4.42 Å². The van der Waals surface area contributed by atoms with Gasteiger partial charge >= 0.3 is 0 Å². The molecule has 0 saturated heterocycles. The quantitative estimate of drug-likeness (QED) is 0.195. The predicted molar refractivity (Wildman–Crippen MR) is 190 cm³/mol. The molecule has 2 aromatic heterocycles. The van der Waals surface area contributed by atoms with Crippen LogP contribution in [0.25, 0.3) is 87.6 Å². The van der Waals surface area contributed by atoms with E-state index < -0.39 is 0 Å². The van der Waals surface area contributed by atoms with Gasteiger partial charge in [-0.15, -0.1) is 0 Å². The van der Waals surface area contributed by atoms with Gasteiger partial charge in [-0.3, -0.25) is 4.98 Å². The highest BCUT2D eigenvalue weighted by Gasteiger charge is 2.21. The Hall–Kier alpha value is -5.47. The zero-order valence-electron chi connectivity index (χ0n) is 25.6. The Morgan fingerprint density at radius 3 is 1.91 bits per heavy atom. The molecule has 0 saturated carbocycles. The van der Waals surface area contributed by atoms with Crippen molar-refractivity contribution in [3.63, 3.8) is 0 Å². The Morgan fingerprint density at radius 2 is 1.18 bits per heavy atom. The molecule has 0 bridgehead atoms. The van der Waals surface area contributed by atoms with Gasteiger partial charge in [0.05, 0.1) is 0 Å². The predicted octanol–water partition coefficient (Wildman–Crippen LogP) is 12.2. The Bertz CT molecular complexity index is 2550. The van der Waals surface area contributed by atoms with Gasteiger partial charge in [-0.25, -0.2) is 0 Å². The minimum absolute atomic E-state index is 0.0691. The van der Waals surface area contributed by atoms with Gasteiger partial charge in [-0.1, -0.05) is 118 Å². The van der Waals surface area contributed by atoms with E-state index in [0.29, 0.717) is 0 Å². The van der Waals surface area contributed by atoms with E-state index in [2.05, 4.69) is 129 Å². The maximum absolute atomic E-state index is 6.43. The third-order valence-corrected chi connectivity index (χ3v) is 9.44. The van der Waals surface area contributed by atoms with Gasteiger partial charge in [0, 0.05) is 34.3 Å².